The highest BCUT2D eigenvalue weighted by Gasteiger charge is 2.56. The highest BCUT2D eigenvalue weighted by Crippen LogP contribution is 2.44. The molecule has 3 rings (SSSR count). The molecule has 5 nitrogen and oxygen atoms in total. The Morgan fingerprint density at radius 2 is 1.67 bits per heavy atom. The Morgan fingerprint density at radius 3 is 2.22 bits per heavy atom. The predicted molar refractivity (Wildman–Crippen MR) is 62.8 cm³/mol. The standard InChI is InChI=1S/C13H22O5/c1-11(2)14-7-13(5,18-11)9-6-8-10(15-9)17-12(3,4)16-8/h8-10H,6-7H2,1-5H3/t8-,9+,10?,13-/m1/s1. The molecule has 3 aliphatic heterocycles. The van der Waals surface area contributed by atoms with E-state index in [0.29, 0.717) is 6.61 Å². The molecule has 3 aliphatic rings. The Kier molecular flexibility index (Phi) is 2.61. The van der Waals surface area contributed by atoms with E-state index >= 15 is 0 Å². The van der Waals surface area contributed by atoms with Crippen molar-refractivity contribution in [3.63, 3.8) is 0 Å². The number of hydrogen-bond acceptors (Lipinski definition) is 5. The van der Waals surface area contributed by atoms with Crippen LogP contribution in [-0.4, -0.2) is 42.3 Å². The lowest BCUT2D eigenvalue weighted by Gasteiger charge is -2.31. The lowest BCUT2D eigenvalue weighted by molar-refractivity contribution is -0.236. The van der Waals surface area contributed by atoms with Crippen molar-refractivity contribution in [3.05, 3.63) is 0 Å². The van der Waals surface area contributed by atoms with E-state index in [1.807, 2.05) is 34.6 Å². The van der Waals surface area contributed by atoms with Crippen molar-refractivity contribution in [1.29, 1.82) is 0 Å². The minimum atomic E-state index is -0.548. The smallest absolute Gasteiger partial charge is 0.187 e. The van der Waals surface area contributed by atoms with Gasteiger partial charge in [-0.05, 0) is 34.6 Å². The van der Waals surface area contributed by atoms with Crippen LogP contribution in [-0.2, 0) is 23.7 Å². The summed E-state index contributed by atoms with van der Waals surface area (Å²) in [4.78, 5) is 0. The maximum Gasteiger partial charge on any atom is 0.187 e. The van der Waals surface area contributed by atoms with Crippen LogP contribution in [0.1, 0.15) is 41.0 Å². The van der Waals surface area contributed by atoms with E-state index < -0.39 is 17.2 Å². The normalized spacial score (nSPS) is 49.5. The van der Waals surface area contributed by atoms with Crippen LogP contribution >= 0.6 is 0 Å². The van der Waals surface area contributed by atoms with Crippen molar-refractivity contribution < 1.29 is 23.7 Å². The summed E-state index contributed by atoms with van der Waals surface area (Å²) in [5.74, 6) is -1.09. The van der Waals surface area contributed by atoms with Crippen molar-refractivity contribution >= 4 is 0 Å². The zero-order valence-electron chi connectivity index (χ0n) is 11.7. The van der Waals surface area contributed by atoms with Gasteiger partial charge in [-0.3, -0.25) is 0 Å². The Bertz CT molecular complexity index is 337. The summed E-state index contributed by atoms with van der Waals surface area (Å²) in [5.41, 5.74) is -0.426. The molecule has 0 aliphatic carbocycles. The monoisotopic (exact) mass is 258 g/mol. The minimum Gasteiger partial charge on any atom is -0.347 e. The Balaban J connectivity index is 1.68. The Hall–Kier alpha value is -0.200. The largest absolute Gasteiger partial charge is 0.347 e. The van der Waals surface area contributed by atoms with Gasteiger partial charge in [-0.2, -0.15) is 0 Å². The Morgan fingerprint density at radius 1 is 0.944 bits per heavy atom. The molecule has 0 N–H and O–H groups in total. The number of ether oxygens (including phenoxy) is 5. The molecule has 1 unspecified atom stereocenters. The van der Waals surface area contributed by atoms with Gasteiger partial charge in [0.1, 0.15) is 11.7 Å². The second kappa shape index (κ2) is 3.67. The topological polar surface area (TPSA) is 46.2 Å². The third kappa shape index (κ3) is 2.08. The fourth-order valence-corrected chi connectivity index (χ4v) is 3.00. The number of rotatable bonds is 1. The predicted octanol–water partition coefficient (Wildman–Crippen LogP) is 1.79. The molecule has 3 fully saturated rings. The molecule has 3 heterocycles. The average Bonchev–Trinajstić information content (AvgIpc) is 2.75. The summed E-state index contributed by atoms with van der Waals surface area (Å²) in [6, 6.07) is 0. The van der Waals surface area contributed by atoms with Gasteiger partial charge in [0.05, 0.1) is 12.7 Å². The highest BCUT2D eigenvalue weighted by molar-refractivity contribution is 4.98. The molecule has 18 heavy (non-hydrogen) atoms. The van der Waals surface area contributed by atoms with Crippen LogP contribution in [0.5, 0.6) is 0 Å². The molecular weight excluding hydrogens is 236 g/mol. The fraction of sp³-hybridized carbons (Fsp3) is 1.00. The van der Waals surface area contributed by atoms with Crippen molar-refractivity contribution in [2.24, 2.45) is 0 Å². The first kappa shape index (κ1) is 12.8. The lowest BCUT2D eigenvalue weighted by atomic mass is 9.97. The molecule has 0 aromatic rings. The summed E-state index contributed by atoms with van der Waals surface area (Å²) in [6.07, 6.45) is 0.443. The van der Waals surface area contributed by atoms with Gasteiger partial charge in [-0.25, -0.2) is 0 Å². The summed E-state index contributed by atoms with van der Waals surface area (Å²) in [6.45, 7) is 10.2. The van der Waals surface area contributed by atoms with Gasteiger partial charge >= 0.3 is 0 Å². The van der Waals surface area contributed by atoms with Crippen molar-refractivity contribution in [1.82, 2.24) is 0 Å². The zero-order chi connectivity index (χ0) is 13.2. The van der Waals surface area contributed by atoms with E-state index in [2.05, 4.69) is 0 Å². The van der Waals surface area contributed by atoms with Crippen LogP contribution in [0.2, 0.25) is 0 Å². The van der Waals surface area contributed by atoms with Gasteiger partial charge in [0.2, 0.25) is 0 Å². The van der Waals surface area contributed by atoms with Crippen LogP contribution in [0.3, 0.4) is 0 Å². The van der Waals surface area contributed by atoms with Crippen LogP contribution in [0.25, 0.3) is 0 Å². The molecule has 5 heteroatoms. The first-order chi connectivity index (χ1) is 8.19. The molecular formula is C13H22O5. The van der Waals surface area contributed by atoms with Gasteiger partial charge in [0.25, 0.3) is 0 Å². The van der Waals surface area contributed by atoms with Crippen LogP contribution in [0.4, 0.5) is 0 Å². The highest BCUT2D eigenvalue weighted by atomic mass is 16.8. The lowest BCUT2D eigenvalue weighted by Crippen LogP contribution is -2.44. The number of fused-ring (bicyclic) bond motifs is 1. The van der Waals surface area contributed by atoms with E-state index in [0.717, 1.165) is 6.42 Å². The maximum atomic E-state index is 5.98. The van der Waals surface area contributed by atoms with E-state index in [1.54, 1.807) is 0 Å². The van der Waals surface area contributed by atoms with Crippen LogP contribution in [0.15, 0.2) is 0 Å². The van der Waals surface area contributed by atoms with Gasteiger partial charge in [0, 0.05) is 6.42 Å². The van der Waals surface area contributed by atoms with E-state index in [9.17, 15) is 0 Å². The van der Waals surface area contributed by atoms with E-state index in [4.69, 9.17) is 23.7 Å². The molecule has 0 aromatic carbocycles. The molecule has 0 aromatic heterocycles. The van der Waals surface area contributed by atoms with Gasteiger partial charge in [-0.1, -0.05) is 0 Å². The molecule has 0 bridgehead atoms. The third-order valence-corrected chi connectivity index (χ3v) is 3.75. The SMILES string of the molecule is CC1(C)OC2O[C@H]([C@@]3(C)COC(C)(C)O3)C[C@H]2O1. The van der Waals surface area contributed by atoms with E-state index in [1.165, 1.54) is 0 Å². The third-order valence-electron chi connectivity index (χ3n) is 3.75. The maximum absolute atomic E-state index is 5.98. The van der Waals surface area contributed by atoms with Crippen molar-refractivity contribution in [2.45, 2.75) is 76.7 Å². The van der Waals surface area contributed by atoms with E-state index in [-0.39, 0.29) is 18.5 Å². The molecule has 4 atom stereocenters. The second-order valence-electron chi connectivity index (χ2n) is 6.51. The first-order valence-electron chi connectivity index (χ1n) is 6.54. The van der Waals surface area contributed by atoms with Crippen molar-refractivity contribution in [2.75, 3.05) is 6.61 Å². The van der Waals surface area contributed by atoms with Crippen LogP contribution in [0, 0.1) is 0 Å². The minimum absolute atomic E-state index is 0.00543. The van der Waals surface area contributed by atoms with Gasteiger partial charge < -0.3 is 23.7 Å². The average molecular weight is 258 g/mol. The summed E-state index contributed by atoms with van der Waals surface area (Å²) in [5, 5.41) is 0. The van der Waals surface area contributed by atoms with Gasteiger partial charge in [-0.15, -0.1) is 0 Å². The van der Waals surface area contributed by atoms with Gasteiger partial charge in [0.15, 0.2) is 17.9 Å². The molecule has 3 saturated heterocycles. The Labute approximate surface area is 108 Å². The molecule has 0 amide bonds. The molecule has 104 valence electrons. The molecule has 0 spiro atoms. The molecule has 0 saturated carbocycles. The molecule has 0 radical (unpaired) electrons. The first-order valence-corrected chi connectivity index (χ1v) is 6.54. The zero-order valence-corrected chi connectivity index (χ0v) is 11.7. The van der Waals surface area contributed by atoms with Crippen molar-refractivity contribution in [3.8, 4) is 0 Å². The second-order valence-corrected chi connectivity index (χ2v) is 6.51. The number of hydrogen-bond donors (Lipinski definition) is 0. The summed E-state index contributed by atoms with van der Waals surface area (Å²) < 4.78 is 29.1. The van der Waals surface area contributed by atoms with Crippen LogP contribution < -0.4 is 0 Å². The summed E-state index contributed by atoms with van der Waals surface area (Å²) in [7, 11) is 0. The summed E-state index contributed by atoms with van der Waals surface area (Å²) >= 11 is 0. The fourth-order valence-electron chi connectivity index (χ4n) is 3.00. The quantitative estimate of drug-likeness (QED) is 0.717.